The second kappa shape index (κ2) is 2.48. The van der Waals surface area contributed by atoms with Gasteiger partial charge in [0.15, 0.2) is 0 Å². The minimum atomic E-state index is 0.0498. The van der Waals surface area contributed by atoms with Crippen molar-refractivity contribution >= 4 is 5.97 Å². The van der Waals surface area contributed by atoms with Crippen LogP contribution in [0.3, 0.4) is 0 Å². The van der Waals surface area contributed by atoms with Crippen LogP contribution in [0.1, 0.15) is 33.1 Å². The highest BCUT2D eigenvalue weighted by Crippen LogP contribution is 2.51. The molecule has 0 aromatic heterocycles. The van der Waals surface area contributed by atoms with Gasteiger partial charge in [0.1, 0.15) is 0 Å². The second-order valence-electron chi connectivity index (χ2n) is 4.57. The Morgan fingerprint density at radius 2 is 2.25 bits per heavy atom. The standard InChI is InChI=1S/C10H16O2/c1-7-3-4-10(2)5-6-12-9(11)8(7)10/h7-8H,3-6H2,1-2H3/t7-,8?,10-/m0/s1. The average molecular weight is 168 g/mol. The molecule has 2 nitrogen and oxygen atoms in total. The van der Waals surface area contributed by atoms with Crippen LogP contribution in [0.2, 0.25) is 0 Å². The maximum Gasteiger partial charge on any atom is 0.309 e. The summed E-state index contributed by atoms with van der Waals surface area (Å²) in [6, 6.07) is 0. The quantitative estimate of drug-likeness (QED) is 0.517. The Morgan fingerprint density at radius 3 is 2.92 bits per heavy atom. The smallest absolute Gasteiger partial charge is 0.309 e. The first-order valence-corrected chi connectivity index (χ1v) is 4.80. The number of carbonyl (C=O) groups is 1. The van der Waals surface area contributed by atoms with Gasteiger partial charge in [0.05, 0.1) is 12.5 Å². The molecule has 0 N–H and O–H groups in total. The molecule has 0 spiro atoms. The van der Waals surface area contributed by atoms with Crippen molar-refractivity contribution in [2.45, 2.75) is 33.1 Å². The fourth-order valence-electron chi connectivity index (χ4n) is 2.84. The number of esters is 1. The van der Waals surface area contributed by atoms with Gasteiger partial charge in [-0.3, -0.25) is 4.79 Å². The van der Waals surface area contributed by atoms with Gasteiger partial charge in [-0.1, -0.05) is 13.8 Å². The van der Waals surface area contributed by atoms with E-state index in [2.05, 4.69) is 13.8 Å². The second-order valence-corrected chi connectivity index (χ2v) is 4.57. The van der Waals surface area contributed by atoms with Crippen molar-refractivity contribution in [3.05, 3.63) is 0 Å². The van der Waals surface area contributed by atoms with Crippen molar-refractivity contribution in [2.75, 3.05) is 6.61 Å². The van der Waals surface area contributed by atoms with Gasteiger partial charge in [-0.2, -0.15) is 0 Å². The van der Waals surface area contributed by atoms with Crippen LogP contribution in [-0.4, -0.2) is 12.6 Å². The molecule has 0 amide bonds. The van der Waals surface area contributed by atoms with E-state index < -0.39 is 0 Å². The lowest BCUT2D eigenvalue weighted by atomic mass is 9.74. The lowest BCUT2D eigenvalue weighted by molar-refractivity contribution is -0.161. The molecule has 0 aromatic rings. The molecule has 0 radical (unpaired) electrons. The van der Waals surface area contributed by atoms with Crippen LogP contribution < -0.4 is 0 Å². The van der Waals surface area contributed by atoms with Crippen molar-refractivity contribution in [3.63, 3.8) is 0 Å². The Bertz CT molecular complexity index is 208. The summed E-state index contributed by atoms with van der Waals surface area (Å²) in [5.41, 5.74) is 0.259. The third-order valence-corrected chi connectivity index (χ3v) is 3.66. The lowest BCUT2D eigenvalue weighted by Gasteiger charge is -2.35. The summed E-state index contributed by atoms with van der Waals surface area (Å²) in [6.45, 7) is 5.04. The predicted octanol–water partition coefficient (Wildman–Crippen LogP) is 1.99. The monoisotopic (exact) mass is 168 g/mol. The van der Waals surface area contributed by atoms with E-state index in [0.717, 1.165) is 6.42 Å². The summed E-state index contributed by atoms with van der Waals surface area (Å²) in [5.74, 6) is 0.766. The minimum absolute atomic E-state index is 0.0498. The van der Waals surface area contributed by atoms with Gasteiger partial charge >= 0.3 is 5.97 Å². The van der Waals surface area contributed by atoms with Gasteiger partial charge in [-0.25, -0.2) is 0 Å². The van der Waals surface area contributed by atoms with Crippen LogP contribution in [0.25, 0.3) is 0 Å². The highest BCUT2D eigenvalue weighted by atomic mass is 16.5. The molecule has 2 aliphatic rings. The third kappa shape index (κ3) is 0.970. The van der Waals surface area contributed by atoms with E-state index in [-0.39, 0.29) is 17.3 Å². The Kier molecular flexibility index (Phi) is 1.67. The van der Waals surface area contributed by atoms with Gasteiger partial charge in [0.25, 0.3) is 0 Å². The molecule has 1 aliphatic carbocycles. The number of ether oxygens (including phenoxy) is 1. The molecule has 2 heteroatoms. The molecule has 1 saturated carbocycles. The fraction of sp³-hybridized carbons (Fsp3) is 0.900. The number of carbonyl (C=O) groups excluding carboxylic acids is 1. The molecule has 12 heavy (non-hydrogen) atoms. The van der Waals surface area contributed by atoms with E-state index in [1.807, 2.05) is 0 Å². The summed E-state index contributed by atoms with van der Waals surface area (Å²) < 4.78 is 5.09. The maximum atomic E-state index is 11.5. The van der Waals surface area contributed by atoms with Crippen molar-refractivity contribution in [1.82, 2.24) is 0 Å². The molecule has 1 unspecified atom stereocenters. The third-order valence-electron chi connectivity index (χ3n) is 3.66. The molecular weight excluding hydrogens is 152 g/mol. The van der Waals surface area contributed by atoms with Crippen LogP contribution in [0.4, 0.5) is 0 Å². The number of hydrogen-bond acceptors (Lipinski definition) is 2. The SMILES string of the molecule is C[C@H]1CC[C@@]2(C)CCOC(=O)C12. The fourth-order valence-corrected chi connectivity index (χ4v) is 2.84. The molecule has 3 atom stereocenters. The van der Waals surface area contributed by atoms with Crippen LogP contribution >= 0.6 is 0 Å². The normalized spacial score (nSPS) is 47.0. The summed E-state index contributed by atoms with van der Waals surface area (Å²) >= 11 is 0. The molecule has 0 bridgehead atoms. The van der Waals surface area contributed by atoms with E-state index in [0.29, 0.717) is 12.5 Å². The van der Waals surface area contributed by atoms with Crippen molar-refractivity contribution in [2.24, 2.45) is 17.3 Å². The lowest BCUT2D eigenvalue weighted by Crippen LogP contribution is -2.39. The zero-order chi connectivity index (χ0) is 8.77. The first kappa shape index (κ1) is 8.09. The average Bonchev–Trinajstić information content (AvgIpc) is 2.29. The molecule has 0 aromatic carbocycles. The topological polar surface area (TPSA) is 26.3 Å². The zero-order valence-electron chi connectivity index (χ0n) is 7.80. The molecule has 68 valence electrons. The van der Waals surface area contributed by atoms with Gasteiger partial charge in [0, 0.05) is 0 Å². The Balaban J connectivity index is 2.26. The number of cyclic esters (lactones) is 1. The summed E-state index contributed by atoms with van der Waals surface area (Å²) in [7, 11) is 0. The van der Waals surface area contributed by atoms with E-state index in [1.165, 1.54) is 12.8 Å². The molecule has 2 fully saturated rings. The van der Waals surface area contributed by atoms with Crippen LogP contribution in [0.15, 0.2) is 0 Å². The van der Waals surface area contributed by atoms with Crippen molar-refractivity contribution < 1.29 is 9.53 Å². The van der Waals surface area contributed by atoms with E-state index in [4.69, 9.17) is 4.74 Å². The largest absolute Gasteiger partial charge is 0.465 e. The molecule has 1 heterocycles. The number of rotatable bonds is 0. The Hall–Kier alpha value is -0.530. The van der Waals surface area contributed by atoms with Gasteiger partial charge < -0.3 is 4.74 Å². The summed E-state index contributed by atoms with van der Waals surface area (Å²) in [6.07, 6.45) is 3.46. The predicted molar refractivity (Wildman–Crippen MR) is 45.6 cm³/mol. The Morgan fingerprint density at radius 1 is 1.50 bits per heavy atom. The molecular formula is C10H16O2. The van der Waals surface area contributed by atoms with Crippen LogP contribution in [0.5, 0.6) is 0 Å². The van der Waals surface area contributed by atoms with E-state index in [1.54, 1.807) is 0 Å². The summed E-state index contributed by atoms with van der Waals surface area (Å²) in [5, 5.41) is 0. The minimum Gasteiger partial charge on any atom is -0.465 e. The van der Waals surface area contributed by atoms with Crippen molar-refractivity contribution in [1.29, 1.82) is 0 Å². The highest BCUT2D eigenvalue weighted by Gasteiger charge is 2.50. The molecule has 2 rings (SSSR count). The first-order chi connectivity index (χ1) is 5.63. The molecule has 1 saturated heterocycles. The first-order valence-electron chi connectivity index (χ1n) is 4.80. The van der Waals surface area contributed by atoms with E-state index in [9.17, 15) is 4.79 Å². The Labute approximate surface area is 73.3 Å². The van der Waals surface area contributed by atoms with Crippen LogP contribution in [0, 0.1) is 17.3 Å². The maximum absolute atomic E-state index is 11.5. The van der Waals surface area contributed by atoms with E-state index >= 15 is 0 Å². The zero-order valence-corrected chi connectivity index (χ0v) is 7.80. The van der Waals surface area contributed by atoms with Crippen molar-refractivity contribution in [3.8, 4) is 0 Å². The van der Waals surface area contributed by atoms with Gasteiger partial charge in [0.2, 0.25) is 0 Å². The van der Waals surface area contributed by atoms with Crippen LogP contribution in [-0.2, 0) is 9.53 Å². The summed E-state index contributed by atoms with van der Waals surface area (Å²) in [4.78, 5) is 11.5. The number of fused-ring (bicyclic) bond motifs is 1. The highest BCUT2D eigenvalue weighted by molar-refractivity contribution is 5.75. The van der Waals surface area contributed by atoms with Gasteiger partial charge in [-0.05, 0) is 30.6 Å². The van der Waals surface area contributed by atoms with Gasteiger partial charge in [-0.15, -0.1) is 0 Å². The molecule has 1 aliphatic heterocycles. The number of hydrogen-bond donors (Lipinski definition) is 0.